The number of piperidine rings is 1. The number of fused-ring (bicyclic) bond motifs is 3. The van der Waals surface area contributed by atoms with E-state index in [1.807, 2.05) is 30.5 Å². The number of anilines is 2. The van der Waals surface area contributed by atoms with Gasteiger partial charge in [-0.25, -0.2) is 4.52 Å². The molecule has 1 aliphatic carbocycles. The molecule has 2 N–H and O–H groups in total. The van der Waals surface area contributed by atoms with Crippen LogP contribution >= 0.6 is 11.3 Å². The van der Waals surface area contributed by atoms with Gasteiger partial charge in [0.25, 0.3) is 0 Å². The molecule has 7 rings (SSSR count). The minimum absolute atomic E-state index is 0.135. The standard InChI is InChI=1S/C30H34N10OS/c1-17(2)34-24-9-25(26-7-6-22-8-18(10-31)11-33-40(22)26)32-12-23(24)29-36-37-30(42-29)39-15-19-4-5-20(16-39)27(19)35-28(41)21-13-38(3)14-21/h6-9,11-12,17,19-21,27H,4-5,13-16H2,1-3H3,(H,32,34)(H,35,41)/t19-,20+,27-. The number of amides is 1. The molecule has 0 aromatic carbocycles. The minimum atomic E-state index is 0.135. The maximum Gasteiger partial charge on any atom is 0.225 e. The van der Waals surface area contributed by atoms with Crippen molar-refractivity contribution < 1.29 is 4.79 Å². The summed E-state index contributed by atoms with van der Waals surface area (Å²) < 4.78 is 1.80. The Balaban J connectivity index is 1.11. The van der Waals surface area contributed by atoms with Gasteiger partial charge in [0.2, 0.25) is 11.0 Å². The third-order valence-corrected chi connectivity index (χ3v) is 9.75. The molecule has 0 radical (unpaired) electrons. The van der Waals surface area contributed by atoms with E-state index in [1.165, 1.54) is 0 Å². The van der Waals surface area contributed by atoms with Crippen molar-refractivity contribution in [3.8, 4) is 28.0 Å². The fourth-order valence-corrected chi connectivity index (χ4v) is 7.55. The van der Waals surface area contributed by atoms with E-state index < -0.39 is 0 Å². The van der Waals surface area contributed by atoms with Gasteiger partial charge < -0.3 is 20.4 Å². The Hall–Kier alpha value is -4.08. The number of pyridine rings is 1. The molecular weight excluding hydrogens is 548 g/mol. The Morgan fingerprint density at radius 2 is 1.88 bits per heavy atom. The molecule has 1 amide bonds. The number of carbonyl (C=O) groups is 1. The van der Waals surface area contributed by atoms with Crippen molar-refractivity contribution in [2.45, 2.75) is 38.8 Å². The van der Waals surface area contributed by atoms with Gasteiger partial charge in [-0.1, -0.05) is 11.3 Å². The first-order chi connectivity index (χ1) is 20.4. The number of rotatable bonds is 7. The van der Waals surface area contributed by atoms with Gasteiger partial charge >= 0.3 is 0 Å². The Morgan fingerprint density at radius 1 is 1.10 bits per heavy atom. The third-order valence-electron chi connectivity index (χ3n) is 8.73. The largest absolute Gasteiger partial charge is 0.382 e. The van der Waals surface area contributed by atoms with Crippen molar-refractivity contribution in [2.75, 3.05) is 43.4 Å². The fraction of sp³-hybridized carbons (Fsp3) is 0.467. The summed E-state index contributed by atoms with van der Waals surface area (Å²) in [5.74, 6) is 1.23. The lowest BCUT2D eigenvalue weighted by Gasteiger charge is -2.40. The van der Waals surface area contributed by atoms with Crippen LogP contribution in [0, 0.1) is 29.1 Å². The van der Waals surface area contributed by atoms with Gasteiger partial charge in [-0.05, 0) is 69.8 Å². The summed E-state index contributed by atoms with van der Waals surface area (Å²) >= 11 is 1.59. The average Bonchev–Trinajstić information content (AvgIpc) is 3.66. The Labute approximate surface area is 248 Å². The summed E-state index contributed by atoms with van der Waals surface area (Å²) in [7, 11) is 2.06. The molecule has 3 aliphatic rings. The van der Waals surface area contributed by atoms with Crippen LogP contribution in [0.4, 0.5) is 10.8 Å². The van der Waals surface area contributed by atoms with E-state index in [0.717, 1.165) is 77.3 Å². The van der Waals surface area contributed by atoms with Crippen molar-refractivity contribution in [3.63, 3.8) is 0 Å². The SMILES string of the molecule is CC(C)Nc1cc(-c2ccc3cc(C#N)cnn23)ncc1-c1nnc(N2C[C@H]3CC[C@@H](C2)[C@@H]3NC(=O)C2CN(C)C2)s1. The number of nitrogens with zero attached hydrogens (tertiary/aromatic N) is 8. The number of nitrogens with one attached hydrogen (secondary N) is 2. The molecule has 42 heavy (non-hydrogen) atoms. The molecule has 0 unspecified atom stereocenters. The molecule has 2 aliphatic heterocycles. The van der Waals surface area contributed by atoms with Gasteiger partial charge in [0.1, 0.15) is 6.07 Å². The van der Waals surface area contributed by atoms with Crippen LogP contribution in [0.3, 0.4) is 0 Å². The average molecular weight is 583 g/mol. The highest BCUT2D eigenvalue weighted by Gasteiger charge is 2.44. The van der Waals surface area contributed by atoms with Crippen LogP contribution in [-0.2, 0) is 4.79 Å². The van der Waals surface area contributed by atoms with E-state index >= 15 is 0 Å². The zero-order valence-corrected chi connectivity index (χ0v) is 24.8. The molecule has 4 aromatic rings. The molecule has 12 heteroatoms. The van der Waals surface area contributed by atoms with Crippen LogP contribution in [0.15, 0.2) is 36.7 Å². The minimum Gasteiger partial charge on any atom is -0.382 e. The van der Waals surface area contributed by atoms with E-state index in [4.69, 9.17) is 4.98 Å². The normalized spacial score (nSPS) is 22.4. The lowest BCUT2D eigenvalue weighted by molar-refractivity contribution is -0.130. The molecular formula is C30H34N10OS. The van der Waals surface area contributed by atoms with Gasteiger partial charge in [0, 0.05) is 50.1 Å². The van der Waals surface area contributed by atoms with Crippen molar-refractivity contribution in [2.24, 2.45) is 17.8 Å². The maximum atomic E-state index is 12.8. The molecule has 4 aromatic heterocycles. The zero-order chi connectivity index (χ0) is 29.0. The van der Waals surface area contributed by atoms with Crippen molar-refractivity contribution in [3.05, 3.63) is 42.2 Å². The monoisotopic (exact) mass is 582 g/mol. The first-order valence-electron chi connectivity index (χ1n) is 14.6. The molecule has 216 valence electrons. The summed E-state index contributed by atoms with van der Waals surface area (Å²) in [6.45, 7) is 7.70. The third kappa shape index (κ3) is 4.86. The van der Waals surface area contributed by atoms with Crippen LogP contribution in [0.1, 0.15) is 32.3 Å². The van der Waals surface area contributed by atoms with Crippen molar-refractivity contribution in [1.29, 1.82) is 5.26 Å². The summed E-state index contributed by atoms with van der Waals surface area (Å²) in [5, 5.41) is 31.6. The van der Waals surface area contributed by atoms with Crippen LogP contribution in [0.2, 0.25) is 0 Å². The zero-order valence-electron chi connectivity index (χ0n) is 24.0. The van der Waals surface area contributed by atoms with E-state index in [0.29, 0.717) is 17.4 Å². The van der Waals surface area contributed by atoms with Crippen molar-refractivity contribution >= 4 is 33.6 Å². The van der Waals surface area contributed by atoms with Crippen LogP contribution in [-0.4, -0.2) is 80.9 Å². The first-order valence-corrected chi connectivity index (χ1v) is 15.4. The summed E-state index contributed by atoms with van der Waals surface area (Å²) in [5.41, 5.74) is 4.83. The van der Waals surface area contributed by atoms with E-state index in [2.05, 4.69) is 62.7 Å². The van der Waals surface area contributed by atoms with E-state index in [-0.39, 0.29) is 23.9 Å². The molecule has 3 atom stereocenters. The fourth-order valence-electron chi connectivity index (χ4n) is 6.66. The molecule has 3 fully saturated rings. The van der Waals surface area contributed by atoms with Gasteiger partial charge in [-0.3, -0.25) is 9.78 Å². The maximum absolute atomic E-state index is 12.8. The second kappa shape index (κ2) is 10.6. The summed E-state index contributed by atoms with van der Waals surface area (Å²) in [6, 6.07) is 10.4. The van der Waals surface area contributed by atoms with Gasteiger partial charge in [-0.2, -0.15) is 10.4 Å². The second-order valence-corrected chi connectivity index (χ2v) is 13.1. The topological polar surface area (TPSA) is 127 Å². The quantitative estimate of drug-likeness (QED) is 0.337. The second-order valence-electron chi connectivity index (χ2n) is 12.2. The number of aromatic nitrogens is 5. The molecule has 6 heterocycles. The molecule has 2 saturated heterocycles. The summed E-state index contributed by atoms with van der Waals surface area (Å²) in [6.07, 6.45) is 5.70. The Kier molecular flexibility index (Phi) is 6.79. The Morgan fingerprint density at radius 3 is 2.60 bits per heavy atom. The van der Waals surface area contributed by atoms with Gasteiger partial charge in [0.05, 0.1) is 40.1 Å². The first kappa shape index (κ1) is 26.8. The molecule has 0 spiro atoms. The van der Waals surface area contributed by atoms with Gasteiger partial charge in [-0.15, -0.1) is 10.2 Å². The van der Waals surface area contributed by atoms with Crippen molar-refractivity contribution in [1.82, 2.24) is 35.0 Å². The van der Waals surface area contributed by atoms with Crippen LogP contribution in [0.5, 0.6) is 0 Å². The highest BCUT2D eigenvalue weighted by Crippen LogP contribution is 2.41. The lowest BCUT2D eigenvalue weighted by Crippen LogP contribution is -2.58. The smallest absolute Gasteiger partial charge is 0.225 e. The van der Waals surface area contributed by atoms with E-state index in [9.17, 15) is 10.1 Å². The van der Waals surface area contributed by atoms with Gasteiger partial charge in [0.15, 0.2) is 5.01 Å². The number of likely N-dealkylation sites (tertiary alicyclic amines) is 1. The number of carbonyl (C=O) groups excluding carboxylic acids is 1. The number of nitriles is 1. The highest BCUT2D eigenvalue weighted by atomic mass is 32.1. The lowest BCUT2D eigenvalue weighted by atomic mass is 9.91. The van der Waals surface area contributed by atoms with Crippen LogP contribution < -0.4 is 15.5 Å². The Bertz CT molecular complexity index is 1670. The van der Waals surface area contributed by atoms with E-state index in [1.54, 1.807) is 22.0 Å². The predicted octanol–water partition coefficient (Wildman–Crippen LogP) is 3.50. The molecule has 2 bridgehead atoms. The molecule has 1 saturated carbocycles. The number of hydrogen-bond donors (Lipinski definition) is 2. The molecule has 11 nitrogen and oxygen atoms in total. The predicted molar refractivity (Wildman–Crippen MR) is 162 cm³/mol. The summed E-state index contributed by atoms with van der Waals surface area (Å²) in [4.78, 5) is 22.1. The highest BCUT2D eigenvalue weighted by molar-refractivity contribution is 7.18. The van der Waals surface area contributed by atoms with Crippen LogP contribution in [0.25, 0.3) is 27.5 Å². The number of hydrogen-bond acceptors (Lipinski definition) is 10.